The summed E-state index contributed by atoms with van der Waals surface area (Å²) in [6.07, 6.45) is 1.29. The van der Waals surface area contributed by atoms with Crippen molar-refractivity contribution in [3.05, 3.63) is 5.15 Å². The Morgan fingerprint density at radius 2 is 2.27 bits per heavy atom. The third kappa shape index (κ3) is 1.84. The van der Waals surface area contributed by atoms with Crippen LogP contribution in [0.2, 0.25) is 5.15 Å². The van der Waals surface area contributed by atoms with Gasteiger partial charge in [0.25, 0.3) is 0 Å². The third-order valence-electron chi connectivity index (χ3n) is 3.22. The highest BCUT2D eigenvalue weighted by Gasteiger charge is 2.48. The summed E-state index contributed by atoms with van der Waals surface area (Å²) < 4.78 is 13.4. The molecule has 1 saturated carbocycles. The van der Waals surface area contributed by atoms with Gasteiger partial charge in [-0.2, -0.15) is 8.75 Å². The Hall–Kier alpha value is -0.390. The lowest BCUT2D eigenvalue weighted by Gasteiger charge is -2.51. The molecule has 1 aromatic heterocycles. The summed E-state index contributed by atoms with van der Waals surface area (Å²) in [5.41, 5.74) is 0.113. The summed E-state index contributed by atoms with van der Waals surface area (Å²) in [5.74, 6) is 0.689. The maximum absolute atomic E-state index is 5.87. The molecule has 1 aliphatic carbocycles. The molecule has 0 bridgehead atoms. The molecule has 2 unspecified atom stereocenters. The lowest BCUT2D eigenvalue weighted by Crippen LogP contribution is -2.57. The molecule has 0 aromatic carbocycles. The number of hydrogen-bond acceptors (Lipinski definition) is 5. The van der Waals surface area contributed by atoms with Gasteiger partial charge in [-0.15, -0.1) is 0 Å². The molecule has 0 aliphatic heterocycles. The molecule has 6 heteroatoms. The second-order valence-electron chi connectivity index (χ2n) is 4.38. The van der Waals surface area contributed by atoms with E-state index in [-0.39, 0.29) is 5.41 Å². The zero-order valence-corrected chi connectivity index (χ0v) is 10.5. The molecular formula is C9H14ClN3OS. The van der Waals surface area contributed by atoms with E-state index >= 15 is 0 Å². The molecule has 1 aliphatic rings. The van der Waals surface area contributed by atoms with Crippen molar-refractivity contribution in [1.29, 1.82) is 0 Å². The van der Waals surface area contributed by atoms with Gasteiger partial charge in [-0.3, -0.25) is 0 Å². The summed E-state index contributed by atoms with van der Waals surface area (Å²) in [4.78, 5) is 0. The highest BCUT2D eigenvalue weighted by Crippen LogP contribution is 2.44. The van der Waals surface area contributed by atoms with Crippen molar-refractivity contribution in [2.24, 2.45) is 5.41 Å². The summed E-state index contributed by atoms with van der Waals surface area (Å²) in [7, 11) is 1.75. The van der Waals surface area contributed by atoms with Crippen LogP contribution in [0.25, 0.3) is 0 Å². The quantitative estimate of drug-likeness (QED) is 0.891. The van der Waals surface area contributed by atoms with Crippen molar-refractivity contribution < 1.29 is 4.74 Å². The van der Waals surface area contributed by atoms with E-state index in [1.54, 1.807) is 7.11 Å². The molecule has 1 N–H and O–H groups in total. The van der Waals surface area contributed by atoms with E-state index in [4.69, 9.17) is 16.3 Å². The van der Waals surface area contributed by atoms with Crippen LogP contribution in [-0.2, 0) is 4.74 Å². The van der Waals surface area contributed by atoms with Crippen molar-refractivity contribution in [2.75, 3.05) is 12.4 Å². The number of anilines is 1. The van der Waals surface area contributed by atoms with E-state index in [0.29, 0.717) is 23.1 Å². The van der Waals surface area contributed by atoms with Crippen molar-refractivity contribution in [3.8, 4) is 0 Å². The Morgan fingerprint density at radius 1 is 1.53 bits per heavy atom. The number of ether oxygens (including phenoxy) is 1. The zero-order valence-electron chi connectivity index (χ0n) is 8.95. The van der Waals surface area contributed by atoms with Crippen molar-refractivity contribution >= 4 is 29.1 Å². The van der Waals surface area contributed by atoms with Gasteiger partial charge in [0.2, 0.25) is 0 Å². The second-order valence-corrected chi connectivity index (χ2v) is 5.27. The first-order chi connectivity index (χ1) is 7.05. The maximum atomic E-state index is 5.87. The number of nitrogens with one attached hydrogen (secondary N) is 1. The fourth-order valence-electron chi connectivity index (χ4n) is 1.96. The van der Waals surface area contributed by atoms with Gasteiger partial charge >= 0.3 is 0 Å². The van der Waals surface area contributed by atoms with Gasteiger partial charge in [0, 0.05) is 18.6 Å². The SMILES string of the molecule is COC1CC(Nc2nsnc2Cl)C1(C)C. The van der Waals surface area contributed by atoms with Crippen molar-refractivity contribution in [3.63, 3.8) is 0 Å². The molecule has 84 valence electrons. The second kappa shape index (κ2) is 3.88. The Balaban J connectivity index is 2.01. The van der Waals surface area contributed by atoms with Gasteiger partial charge in [-0.05, 0) is 6.42 Å². The monoisotopic (exact) mass is 247 g/mol. The molecule has 15 heavy (non-hydrogen) atoms. The van der Waals surface area contributed by atoms with E-state index in [9.17, 15) is 0 Å². The van der Waals surface area contributed by atoms with Crippen LogP contribution < -0.4 is 5.32 Å². The number of halogens is 1. The molecule has 1 heterocycles. The first kappa shape index (κ1) is 11.1. The number of nitrogens with zero attached hydrogens (tertiary/aromatic N) is 2. The Bertz CT molecular complexity index is 355. The standard InChI is InChI=1S/C9H14ClN3OS/c1-9(2)5(4-6(9)14-3)11-8-7(10)12-15-13-8/h5-6H,4H2,1-3H3,(H,11,13). The van der Waals surface area contributed by atoms with Crippen molar-refractivity contribution in [2.45, 2.75) is 32.4 Å². The fourth-order valence-corrected chi connectivity index (χ4v) is 2.62. The van der Waals surface area contributed by atoms with Crippen LogP contribution in [0, 0.1) is 5.41 Å². The molecule has 2 atom stereocenters. The van der Waals surface area contributed by atoms with Gasteiger partial charge in [0.15, 0.2) is 11.0 Å². The minimum absolute atomic E-state index is 0.113. The lowest BCUT2D eigenvalue weighted by atomic mass is 9.64. The normalized spacial score (nSPS) is 28.5. The summed E-state index contributed by atoms with van der Waals surface area (Å²) in [5, 5.41) is 3.76. The van der Waals surface area contributed by atoms with Crippen LogP contribution in [0.1, 0.15) is 20.3 Å². The van der Waals surface area contributed by atoms with E-state index in [2.05, 4.69) is 27.9 Å². The summed E-state index contributed by atoms with van der Waals surface area (Å²) in [6, 6.07) is 0.351. The third-order valence-corrected chi connectivity index (χ3v) is 4.11. The van der Waals surface area contributed by atoms with Crippen LogP contribution in [-0.4, -0.2) is 28.0 Å². The highest BCUT2D eigenvalue weighted by atomic mass is 35.5. The number of methoxy groups -OCH3 is 1. The van der Waals surface area contributed by atoms with E-state index in [1.807, 2.05) is 0 Å². The maximum Gasteiger partial charge on any atom is 0.186 e. The molecule has 1 aromatic rings. The Labute approximate surface area is 98.3 Å². The van der Waals surface area contributed by atoms with Crippen LogP contribution in [0.4, 0.5) is 5.82 Å². The first-order valence-corrected chi connectivity index (χ1v) is 5.94. The predicted octanol–water partition coefficient (Wildman–Crippen LogP) is 2.42. The van der Waals surface area contributed by atoms with E-state index in [1.165, 1.54) is 0 Å². The van der Waals surface area contributed by atoms with Crippen LogP contribution in [0.3, 0.4) is 0 Å². The van der Waals surface area contributed by atoms with Crippen molar-refractivity contribution in [1.82, 2.24) is 8.75 Å². The molecule has 0 saturated heterocycles. The highest BCUT2D eigenvalue weighted by molar-refractivity contribution is 6.99. The predicted molar refractivity (Wildman–Crippen MR) is 61.5 cm³/mol. The molecule has 1 fully saturated rings. The van der Waals surface area contributed by atoms with E-state index in [0.717, 1.165) is 18.1 Å². The van der Waals surface area contributed by atoms with Crippen LogP contribution in [0.5, 0.6) is 0 Å². The molecule has 0 amide bonds. The first-order valence-electron chi connectivity index (χ1n) is 4.83. The van der Waals surface area contributed by atoms with Gasteiger partial charge in [-0.25, -0.2) is 0 Å². The lowest BCUT2D eigenvalue weighted by molar-refractivity contribution is -0.0795. The minimum atomic E-state index is 0.113. The Kier molecular flexibility index (Phi) is 2.87. The van der Waals surface area contributed by atoms with Gasteiger partial charge in [0.05, 0.1) is 17.8 Å². The topological polar surface area (TPSA) is 47.0 Å². The zero-order chi connectivity index (χ0) is 11.1. The van der Waals surface area contributed by atoms with E-state index < -0.39 is 0 Å². The average Bonchev–Trinajstić information content (AvgIpc) is 2.58. The molecule has 2 rings (SSSR count). The number of aromatic nitrogens is 2. The van der Waals surface area contributed by atoms with Crippen LogP contribution in [0.15, 0.2) is 0 Å². The van der Waals surface area contributed by atoms with Gasteiger partial charge < -0.3 is 10.1 Å². The molecule has 4 nitrogen and oxygen atoms in total. The minimum Gasteiger partial charge on any atom is -0.381 e. The largest absolute Gasteiger partial charge is 0.381 e. The van der Waals surface area contributed by atoms with Gasteiger partial charge in [-0.1, -0.05) is 25.4 Å². The summed E-state index contributed by atoms with van der Waals surface area (Å²) in [6.45, 7) is 4.35. The molecule has 0 radical (unpaired) electrons. The fraction of sp³-hybridized carbons (Fsp3) is 0.778. The average molecular weight is 248 g/mol. The molecule has 0 spiro atoms. The smallest absolute Gasteiger partial charge is 0.186 e. The Morgan fingerprint density at radius 3 is 2.73 bits per heavy atom. The number of rotatable bonds is 3. The number of hydrogen-bond donors (Lipinski definition) is 1. The summed E-state index contributed by atoms with van der Waals surface area (Å²) >= 11 is 7.00. The molecular weight excluding hydrogens is 234 g/mol. The van der Waals surface area contributed by atoms with Gasteiger partial charge in [0.1, 0.15) is 0 Å². The van der Waals surface area contributed by atoms with Crippen LogP contribution >= 0.6 is 23.3 Å².